The van der Waals surface area contributed by atoms with E-state index in [-0.39, 0.29) is 0 Å². The van der Waals surface area contributed by atoms with Crippen LogP contribution in [0.25, 0.3) is 0 Å². The minimum atomic E-state index is 1.14. The first-order valence-electron chi connectivity index (χ1n) is 5.59. The van der Waals surface area contributed by atoms with E-state index in [4.69, 9.17) is 0 Å². The zero-order valence-corrected chi connectivity index (χ0v) is 10.6. The molecule has 5 heteroatoms. The predicted octanol–water partition coefficient (Wildman–Crippen LogP) is 1.40. The van der Waals surface area contributed by atoms with Gasteiger partial charge in [-0.1, -0.05) is 6.07 Å². The van der Waals surface area contributed by atoms with Crippen LogP contribution in [0.4, 0.5) is 0 Å². The van der Waals surface area contributed by atoms with Crippen LogP contribution in [0.15, 0.2) is 47.7 Å². The number of pyridine rings is 1. The standard InChI is InChI=1S/C5H5N.C4H10N2.C3H3NS/c1-2-4-6-5-3-1;1-2-6-4-3-5-1;1-2-5-3-4-1/h1-5H;5-6H,1-4H2;1-3H. The van der Waals surface area contributed by atoms with Crippen molar-refractivity contribution in [3.63, 3.8) is 0 Å². The lowest BCUT2D eigenvalue weighted by molar-refractivity contribution is 0.534. The second-order valence-corrected chi connectivity index (χ2v) is 3.96. The fourth-order valence-corrected chi connectivity index (χ4v) is 1.44. The molecule has 1 aliphatic rings. The fraction of sp³-hybridized carbons (Fsp3) is 0.333. The molecule has 3 heterocycles. The van der Waals surface area contributed by atoms with Crippen LogP contribution in [-0.4, -0.2) is 36.1 Å². The Morgan fingerprint density at radius 1 is 0.765 bits per heavy atom. The van der Waals surface area contributed by atoms with Crippen LogP contribution in [0.5, 0.6) is 0 Å². The largest absolute Gasteiger partial charge is 0.314 e. The van der Waals surface area contributed by atoms with Gasteiger partial charge in [-0.25, -0.2) is 0 Å². The molecule has 2 aromatic heterocycles. The Morgan fingerprint density at radius 3 is 1.59 bits per heavy atom. The van der Waals surface area contributed by atoms with E-state index in [2.05, 4.69) is 20.6 Å². The molecule has 0 saturated carbocycles. The normalized spacial score (nSPS) is 13.6. The van der Waals surface area contributed by atoms with Crippen molar-refractivity contribution in [2.45, 2.75) is 0 Å². The third kappa shape index (κ3) is 9.62. The molecule has 1 aliphatic heterocycles. The molecule has 0 aromatic carbocycles. The summed E-state index contributed by atoms with van der Waals surface area (Å²) in [7, 11) is 0. The van der Waals surface area contributed by atoms with Gasteiger partial charge in [0.05, 0.1) is 5.51 Å². The minimum Gasteiger partial charge on any atom is -0.314 e. The molecular formula is C12H18N4S. The molecule has 3 rings (SSSR count). The number of nitrogens with one attached hydrogen (secondary N) is 2. The van der Waals surface area contributed by atoms with Gasteiger partial charge in [0.1, 0.15) is 0 Å². The number of aromatic nitrogens is 2. The smallest absolute Gasteiger partial charge is 0.0791 e. The number of nitrogens with zero attached hydrogens (tertiary/aromatic N) is 2. The maximum Gasteiger partial charge on any atom is 0.0791 e. The maximum absolute atomic E-state index is 3.78. The van der Waals surface area contributed by atoms with Crippen molar-refractivity contribution in [1.29, 1.82) is 0 Å². The summed E-state index contributed by atoms with van der Waals surface area (Å²) in [6.45, 7) is 4.56. The van der Waals surface area contributed by atoms with Crippen molar-refractivity contribution in [3.8, 4) is 0 Å². The van der Waals surface area contributed by atoms with E-state index in [0.717, 1.165) is 26.2 Å². The van der Waals surface area contributed by atoms with E-state index < -0.39 is 0 Å². The second kappa shape index (κ2) is 11.2. The average Bonchev–Trinajstić information content (AvgIpc) is 3.03. The molecule has 17 heavy (non-hydrogen) atoms. The first kappa shape index (κ1) is 13.8. The minimum absolute atomic E-state index is 1.14. The zero-order valence-electron chi connectivity index (χ0n) is 9.75. The molecule has 0 atom stereocenters. The lowest BCUT2D eigenvalue weighted by Crippen LogP contribution is -2.39. The summed E-state index contributed by atoms with van der Waals surface area (Å²) in [5, 5.41) is 8.38. The van der Waals surface area contributed by atoms with E-state index in [1.165, 1.54) is 0 Å². The molecular weight excluding hydrogens is 232 g/mol. The fourth-order valence-electron chi connectivity index (χ4n) is 1.09. The highest BCUT2D eigenvalue weighted by Crippen LogP contribution is 1.85. The topological polar surface area (TPSA) is 49.8 Å². The molecule has 0 amide bonds. The highest BCUT2D eigenvalue weighted by Gasteiger charge is 1.91. The van der Waals surface area contributed by atoms with Gasteiger partial charge < -0.3 is 10.6 Å². The van der Waals surface area contributed by atoms with Crippen molar-refractivity contribution in [1.82, 2.24) is 20.6 Å². The Labute approximate surface area is 106 Å². The van der Waals surface area contributed by atoms with Crippen LogP contribution < -0.4 is 10.6 Å². The molecule has 0 aliphatic carbocycles. The van der Waals surface area contributed by atoms with Crippen LogP contribution in [0.1, 0.15) is 0 Å². The van der Waals surface area contributed by atoms with Crippen LogP contribution >= 0.6 is 11.3 Å². The number of thiazole rings is 1. The molecule has 0 unspecified atom stereocenters. The quantitative estimate of drug-likeness (QED) is 0.742. The highest BCUT2D eigenvalue weighted by molar-refractivity contribution is 7.07. The zero-order chi connectivity index (χ0) is 12.0. The Hall–Kier alpha value is -1.30. The van der Waals surface area contributed by atoms with Crippen LogP contribution in [-0.2, 0) is 0 Å². The molecule has 1 saturated heterocycles. The molecule has 1 fully saturated rings. The summed E-state index contributed by atoms with van der Waals surface area (Å²) in [6.07, 6.45) is 5.27. The lowest BCUT2D eigenvalue weighted by Gasteiger charge is -2.11. The third-order valence-electron chi connectivity index (χ3n) is 1.87. The van der Waals surface area contributed by atoms with Gasteiger partial charge in [0.25, 0.3) is 0 Å². The van der Waals surface area contributed by atoms with Gasteiger partial charge in [-0.05, 0) is 12.1 Å². The number of rotatable bonds is 0. The Bertz CT molecular complexity index is 266. The molecule has 92 valence electrons. The summed E-state index contributed by atoms with van der Waals surface area (Å²) in [5.41, 5.74) is 1.79. The van der Waals surface area contributed by atoms with Gasteiger partial charge >= 0.3 is 0 Å². The highest BCUT2D eigenvalue weighted by atomic mass is 32.1. The van der Waals surface area contributed by atoms with Crippen molar-refractivity contribution < 1.29 is 0 Å². The van der Waals surface area contributed by atoms with Gasteiger partial charge in [-0.3, -0.25) is 9.97 Å². The summed E-state index contributed by atoms with van der Waals surface area (Å²) in [4.78, 5) is 7.53. The Kier molecular flexibility index (Phi) is 9.06. The van der Waals surface area contributed by atoms with Gasteiger partial charge in [0.15, 0.2) is 0 Å². The number of hydrogen-bond acceptors (Lipinski definition) is 5. The maximum atomic E-state index is 3.78. The van der Waals surface area contributed by atoms with Gasteiger partial charge in [-0.15, -0.1) is 11.3 Å². The van der Waals surface area contributed by atoms with E-state index in [9.17, 15) is 0 Å². The number of hydrogen-bond donors (Lipinski definition) is 2. The first-order chi connectivity index (χ1) is 8.50. The first-order valence-corrected chi connectivity index (χ1v) is 6.53. The SMILES string of the molecule is C1CNCCN1.c1ccncc1.c1cscn1. The van der Waals surface area contributed by atoms with E-state index in [1.54, 1.807) is 35.4 Å². The summed E-state index contributed by atoms with van der Waals surface area (Å²) in [6, 6.07) is 5.72. The predicted molar refractivity (Wildman–Crippen MR) is 72.1 cm³/mol. The van der Waals surface area contributed by atoms with Gasteiger partial charge in [0.2, 0.25) is 0 Å². The number of piperazine rings is 1. The van der Waals surface area contributed by atoms with Crippen LogP contribution in [0.2, 0.25) is 0 Å². The molecule has 0 bridgehead atoms. The second-order valence-electron chi connectivity index (χ2n) is 3.20. The Balaban J connectivity index is 0.000000128. The van der Waals surface area contributed by atoms with E-state index in [1.807, 2.05) is 23.6 Å². The monoisotopic (exact) mass is 250 g/mol. The van der Waals surface area contributed by atoms with Crippen LogP contribution in [0, 0.1) is 0 Å². The van der Waals surface area contributed by atoms with Gasteiger partial charge in [0, 0.05) is 50.1 Å². The van der Waals surface area contributed by atoms with Gasteiger partial charge in [-0.2, -0.15) is 0 Å². The van der Waals surface area contributed by atoms with Crippen LogP contribution in [0.3, 0.4) is 0 Å². The third-order valence-corrected chi connectivity index (χ3v) is 2.39. The molecule has 2 N–H and O–H groups in total. The Morgan fingerprint density at radius 2 is 1.41 bits per heavy atom. The van der Waals surface area contributed by atoms with E-state index in [0.29, 0.717) is 0 Å². The van der Waals surface area contributed by atoms with Crippen molar-refractivity contribution in [2.75, 3.05) is 26.2 Å². The molecule has 0 spiro atoms. The van der Waals surface area contributed by atoms with Crippen molar-refractivity contribution >= 4 is 11.3 Å². The lowest BCUT2D eigenvalue weighted by atomic mass is 10.4. The summed E-state index contributed by atoms with van der Waals surface area (Å²) in [5.74, 6) is 0. The summed E-state index contributed by atoms with van der Waals surface area (Å²) < 4.78 is 0. The molecule has 2 aromatic rings. The summed E-state index contributed by atoms with van der Waals surface area (Å²) >= 11 is 1.60. The van der Waals surface area contributed by atoms with Crippen molar-refractivity contribution in [3.05, 3.63) is 47.7 Å². The average molecular weight is 250 g/mol. The molecule has 4 nitrogen and oxygen atoms in total. The molecule has 0 radical (unpaired) electrons. The van der Waals surface area contributed by atoms with Crippen molar-refractivity contribution in [2.24, 2.45) is 0 Å². The van der Waals surface area contributed by atoms with E-state index >= 15 is 0 Å².